The van der Waals surface area contributed by atoms with Crippen molar-refractivity contribution in [1.82, 2.24) is 0 Å². The van der Waals surface area contributed by atoms with Crippen LogP contribution in [0.25, 0.3) is 0 Å². The number of fused-ring (bicyclic) bond motifs is 5. The molecule has 4 unspecified atom stereocenters. The summed E-state index contributed by atoms with van der Waals surface area (Å²) in [4.78, 5) is 24.5. The minimum Gasteiger partial charge on any atom is -0.481 e. The predicted octanol–water partition coefficient (Wildman–Crippen LogP) is 7.27. The summed E-state index contributed by atoms with van der Waals surface area (Å²) in [6.07, 6.45) is 7.58. The molecule has 4 fully saturated rings. The van der Waals surface area contributed by atoms with Gasteiger partial charge >= 0.3 is 11.9 Å². The van der Waals surface area contributed by atoms with Gasteiger partial charge in [-0.05, 0) is 97.7 Å². The fraction of sp³-hybridized carbons (Fsp3) is 0.879. The lowest BCUT2D eigenvalue weighted by Gasteiger charge is -2.67. The van der Waals surface area contributed by atoms with Gasteiger partial charge in [0.25, 0.3) is 0 Å². The molecule has 4 aliphatic rings. The number of aliphatic hydroxyl groups is 1. The number of carbonyl (C=O) groups excluding carboxylic acids is 1. The summed E-state index contributed by atoms with van der Waals surface area (Å²) >= 11 is 0. The van der Waals surface area contributed by atoms with Crippen LogP contribution in [0.3, 0.4) is 0 Å². The van der Waals surface area contributed by atoms with Crippen LogP contribution < -0.4 is 0 Å². The molecule has 38 heavy (non-hydrogen) atoms. The maximum atomic E-state index is 12.7. The first-order valence-electron chi connectivity index (χ1n) is 15.3. The lowest BCUT2D eigenvalue weighted by Crippen LogP contribution is -2.62. The maximum absolute atomic E-state index is 12.7. The van der Waals surface area contributed by atoms with E-state index in [-0.39, 0.29) is 39.7 Å². The van der Waals surface area contributed by atoms with Crippen LogP contribution in [-0.2, 0) is 14.3 Å². The number of rotatable bonds is 7. The van der Waals surface area contributed by atoms with Gasteiger partial charge in [-0.2, -0.15) is 0 Å². The van der Waals surface area contributed by atoms with Gasteiger partial charge in [0.15, 0.2) is 0 Å². The fourth-order valence-electron chi connectivity index (χ4n) is 10.8. The highest BCUT2D eigenvalue weighted by Crippen LogP contribution is 2.74. The van der Waals surface area contributed by atoms with Gasteiger partial charge in [0.2, 0.25) is 0 Å². The zero-order valence-corrected chi connectivity index (χ0v) is 25.3. The lowest BCUT2D eigenvalue weighted by molar-refractivity contribution is -0.210. The van der Waals surface area contributed by atoms with Crippen molar-refractivity contribution in [3.8, 4) is 0 Å². The molecule has 216 valence electrons. The summed E-state index contributed by atoms with van der Waals surface area (Å²) in [5.41, 5.74) is 0.892. The summed E-state index contributed by atoms with van der Waals surface area (Å²) in [5.74, 6) is 0.122. The molecule has 4 saturated carbocycles. The summed E-state index contributed by atoms with van der Waals surface area (Å²) in [5, 5.41) is 22.0. The van der Waals surface area contributed by atoms with Crippen LogP contribution in [0.5, 0.6) is 0 Å². The molecule has 0 bridgehead atoms. The molecule has 0 aliphatic heterocycles. The second kappa shape index (κ2) is 9.93. The molecule has 4 aliphatic carbocycles. The van der Waals surface area contributed by atoms with E-state index >= 15 is 0 Å². The van der Waals surface area contributed by atoms with E-state index in [1.807, 2.05) is 0 Å². The van der Waals surface area contributed by atoms with Crippen molar-refractivity contribution in [1.29, 1.82) is 0 Å². The number of esters is 1. The summed E-state index contributed by atoms with van der Waals surface area (Å²) in [6.45, 7) is 21.7. The van der Waals surface area contributed by atoms with E-state index in [2.05, 4.69) is 55.0 Å². The van der Waals surface area contributed by atoms with Crippen molar-refractivity contribution in [3.05, 3.63) is 12.2 Å². The third-order valence-corrected chi connectivity index (χ3v) is 13.1. The molecule has 0 saturated heterocycles. The van der Waals surface area contributed by atoms with E-state index in [9.17, 15) is 19.8 Å². The van der Waals surface area contributed by atoms with Crippen molar-refractivity contribution in [2.24, 2.45) is 57.2 Å². The number of ether oxygens (including phenoxy) is 1. The molecule has 5 heteroatoms. The zero-order valence-electron chi connectivity index (χ0n) is 25.3. The Kier molecular flexibility index (Phi) is 7.74. The SMILES string of the molecule is C=C(CCC(C(=O)O)[C@H]1[C@H](O)C[C@@]2(C)C3CC[C@H]4C(C)(C)C(OC(C)=O)CC[C@]4(C)C3CC[C@]12C)C(C)C. The normalized spacial score (nSPS) is 44.5. The molecule has 0 aromatic heterocycles. The average molecular weight is 531 g/mol. The molecule has 2 N–H and O–H groups in total. The molecule has 0 aromatic rings. The van der Waals surface area contributed by atoms with Crippen LogP contribution >= 0.6 is 0 Å². The first-order chi connectivity index (χ1) is 17.5. The van der Waals surface area contributed by atoms with E-state index in [4.69, 9.17) is 4.74 Å². The van der Waals surface area contributed by atoms with E-state index in [0.717, 1.165) is 44.1 Å². The molecule has 10 atom stereocenters. The highest BCUT2D eigenvalue weighted by atomic mass is 16.5. The Labute approximate surface area is 231 Å². The molecular weight excluding hydrogens is 476 g/mol. The smallest absolute Gasteiger partial charge is 0.306 e. The third kappa shape index (κ3) is 4.38. The Morgan fingerprint density at radius 1 is 0.974 bits per heavy atom. The average Bonchev–Trinajstić information content (AvgIpc) is 3.01. The number of aliphatic hydroxyl groups excluding tert-OH is 1. The maximum Gasteiger partial charge on any atom is 0.306 e. The van der Waals surface area contributed by atoms with Gasteiger partial charge in [0.1, 0.15) is 6.10 Å². The second-order valence-electron chi connectivity index (χ2n) is 15.3. The van der Waals surface area contributed by atoms with Gasteiger partial charge < -0.3 is 14.9 Å². The van der Waals surface area contributed by atoms with Crippen LogP contribution in [0.4, 0.5) is 0 Å². The zero-order chi connectivity index (χ0) is 28.4. The Hall–Kier alpha value is -1.36. The molecular formula is C33H54O5. The van der Waals surface area contributed by atoms with Gasteiger partial charge in [-0.1, -0.05) is 60.6 Å². The van der Waals surface area contributed by atoms with Crippen molar-refractivity contribution < 1.29 is 24.5 Å². The van der Waals surface area contributed by atoms with Crippen LogP contribution in [0.2, 0.25) is 0 Å². The van der Waals surface area contributed by atoms with E-state index in [1.165, 1.54) is 6.92 Å². The summed E-state index contributed by atoms with van der Waals surface area (Å²) in [6, 6.07) is 0. The van der Waals surface area contributed by atoms with Crippen molar-refractivity contribution in [3.63, 3.8) is 0 Å². The van der Waals surface area contributed by atoms with E-state index in [0.29, 0.717) is 42.9 Å². The highest BCUT2D eigenvalue weighted by Gasteiger charge is 2.70. The number of aliphatic carboxylic acids is 1. The number of carbonyl (C=O) groups is 2. The molecule has 5 nitrogen and oxygen atoms in total. The van der Waals surface area contributed by atoms with Gasteiger partial charge in [-0.15, -0.1) is 0 Å². The van der Waals surface area contributed by atoms with Crippen LogP contribution in [0.15, 0.2) is 12.2 Å². The van der Waals surface area contributed by atoms with Crippen molar-refractivity contribution in [2.75, 3.05) is 0 Å². The molecule has 4 rings (SSSR count). The molecule has 0 amide bonds. The van der Waals surface area contributed by atoms with Crippen molar-refractivity contribution in [2.45, 2.75) is 125 Å². The van der Waals surface area contributed by atoms with E-state index < -0.39 is 18.0 Å². The topological polar surface area (TPSA) is 83.8 Å². The molecule has 0 radical (unpaired) electrons. The Morgan fingerprint density at radius 2 is 1.63 bits per heavy atom. The van der Waals surface area contributed by atoms with Crippen molar-refractivity contribution >= 4 is 11.9 Å². The lowest BCUT2D eigenvalue weighted by atomic mass is 9.38. The Balaban J connectivity index is 1.63. The van der Waals surface area contributed by atoms with Crippen LogP contribution in [0, 0.1) is 57.2 Å². The van der Waals surface area contributed by atoms with Gasteiger partial charge in [-0.25, -0.2) is 0 Å². The van der Waals surface area contributed by atoms with Crippen LogP contribution in [0.1, 0.15) is 113 Å². The quantitative estimate of drug-likeness (QED) is 0.267. The standard InChI is InChI=1S/C33H54O5/c1-19(2)20(3)10-11-22(29(36)37)28-25(35)18-33(9)24-12-13-26-30(5,6)27(38-21(4)34)15-16-31(26,7)23(24)14-17-32(28,33)8/h19,22-28,35H,3,10-18H2,1-2,4-9H3,(H,36,37)/t22?,23?,24?,25-,26+,27?,28+,31-,32-,33+/m1/s1. The van der Waals surface area contributed by atoms with Gasteiger partial charge in [0, 0.05) is 18.3 Å². The minimum atomic E-state index is -0.764. The second-order valence-corrected chi connectivity index (χ2v) is 15.3. The van der Waals surface area contributed by atoms with Crippen LogP contribution in [-0.4, -0.2) is 34.4 Å². The largest absolute Gasteiger partial charge is 0.481 e. The third-order valence-electron chi connectivity index (χ3n) is 13.1. The molecule has 0 heterocycles. The number of carboxylic acid groups (broad SMARTS) is 1. The Bertz CT molecular complexity index is 953. The number of hydrogen-bond acceptors (Lipinski definition) is 4. The minimum absolute atomic E-state index is 0.0336. The predicted molar refractivity (Wildman–Crippen MR) is 150 cm³/mol. The number of carboxylic acids is 1. The summed E-state index contributed by atoms with van der Waals surface area (Å²) < 4.78 is 5.84. The fourth-order valence-corrected chi connectivity index (χ4v) is 10.8. The number of allylic oxidation sites excluding steroid dienone is 1. The van der Waals surface area contributed by atoms with Gasteiger partial charge in [-0.3, -0.25) is 9.59 Å². The monoisotopic (exact) mass is 530 g/mol. The molecule has 0 spiro atoms. The Morgan fingerprint density at radius 3 is 2.21 bits per heavy atom. The number of hydrogen-bond donors (Lipinski definition) is 2. The first kappa shape index (κ1) is 29.6. The highest BCUT2D eigenvalue weighted by molar-refractivity contribution is 5.71. The summed E-state index contributed by atoms with van der Waals surface area (Å²) in [7, 11) is 0. The van der Waals surface area contributed by atoms with E-state index in [1.54, 1.807) is 0 Å². The van der Waals surface area contributed by atoms with Gasteiger partial charge in [0.05, 0.1) is 12.0 Å². The molecule has 0 aromatic carbocycles. The first-order valence-corrected chi connectivity index (χ1v) is 15.3.